The second-order valence-corrected chi connectivity index (χ2v) is 5.82. The molecule has 0 aliphatic heterocycles. The van der Waals surface area contributed by atoms with Crippen molar-refractivity contribution >= 4 is 17.5 Å². The molecule has 3 N–H and O–H groups in total. The summed E-state index contributed by atoms with van der Waals surface area (Å²) in [6, 6.07) is 16.5. The van der Waals surface area contributed by atoms with Gasteiger partial charge in [0.2, 0.25) is 0 Å². The lowest BCUT2D eigenvalue weighted by atomic mass is 10.1. The van der Waals surface area contributed by atoms with Crippen LogP contribution < -0.4 is 15.4 Å². The van der Waals surface area contributed by atoms with E-state index in [2.05, 4.69) is 20.8 Å². The second kappa shape index (κ2) is 8.66. The molecular formula is C20H20N4O3. The highest BCUT2D eigenvalue weighted by molar-refractivity contribution is 6.08. The lowest BCUT2D eigenvalue weighted by Crippen LogP contribution is -2.27. The molecule has 0 aliphatic carbocycles. The van der Waals surface area contributed by atoms with Gasteiger partial charge >= 0.3 is 0 Å². The normalized spacial score (nSPS) is 10.3. The maximum atomic E-state index is 12.4. The molecule has 7 heteroatoms. The molecule has 1 aromatic heterocycles. The minimum absolute atomic E-state index is 0.143. The van der Waals surface area contributed by atoms with E-state index < -0.39 is 0 Å². The average Bonchev–Trinajstić information content (AvgIpc) is 3.17. The van der Waals surface area contributed by atoms with E-state index in [1.807, 2.05) is 30.3 Å². The minimum atomic E-state index is -0.350. The summed E-state index contributed by atoms with van der Waals surface area (Å²) in [4.78, 5) is 24.7. The highest BCUT2D eigenvalue weighted by Gasteiger charge is 2.17. The third-order valence-corrected chi connectivity index (χ3v) is 4.00. The Labute approximate surface area is 156 Å². The maximum Gasteiger partial charge on any atom is 0.273 e. The number of H-pyrrole nitrogens is 1. The van der Waals surface area contributed by atoms with Crippen molar-refractivity contribution in [2.75, 3.05) is 19.0 Å². The van der Waals surface area contributed by atoms with Crippen LogP contribution in [-0.2, 0) is 6.42 Å². The molecule has 1 heterocycles. The Morgan fingerprint density at radius 3 is 2.48 bits per heavy atom. The molecule has 0 spiro atoms. The Kier molecular flexibility index (Phi) is 5.84. The third kappa shape index (κ3) is 4.72. The summed E-state index contributed by atoms with van der Waals surface area (Å²) in [7, 11) is 1.56. The first-order valence-electron chi connectivity index (χ1n) is 8.48. The van der Waals surface area contributed by atoms with Gasteiger partial charge in [-0.05, 0) is 36.2 Å². The summed E-state index contributed by atoms with van der Waals surface area (Å²) < 4.78 is 5.08. The van der Waals surface area contributed by atoms with Crippen LogP contribution in [0.15, 0.2) is 60.8 Å². The van der Waals surface area contributed by atoms with Gasteiger partial charge in [0.15, 0.2) is 5.69 Å². The number of anilines is 1. The van der Waals surface area contributed by atoms with Gasteiger partial charge in [0.05, 0.1) is 12.8 Å². The van der Waals surface area contributed by atoms with Gasteiger partial charge in [0, 0.05) is 18.3 Å². The monoisotopic (exact) mass is 364 g/mol. The first-order chi connectivity index (χ1) is 13.2. The fourth-order valence-corrected chi connectivity index (χ4v) is 2.54. The van der Waals surface area contributed by atoms with Gasteiger partial charge in [-0.25, -0.2) is 0 Å². The van der Waals surface area contributed by atoms with Crippen LogP contribution in [0.5, 0.6) is 5.75 Å². The molecule has 7 nitrogen and oxygen atoms in total. The van der Waals surface area contributed by atoms with Crippen molar-refractivity contribution in [1.82, 2.24) is 15.5 Å². The second-order valence-electron chi connectivity index (χ2n) is 5.82. The molecule has 3 rings (SSSR count). The number of ether oxygens (including phenoxy) is 1. The van der Waals surface area contributed by atoms with E-state index in [-0.39, 0.29) is 17.5 Å². The first-order valence-corrected chi connectivity index (χ1v) is 8.48. The van der Waals surface area contributed by atoms with Gasteiger partial charge in [-0.2, -0.15) is 5.10 Å². The zero-order chi connectivity index (χ0) is 19.1. The van der Waals surface area contributed by atoms with Gasteiger partial charge in [-0.15, -0.1) is 0 Å². The predicted octanol–water partition coefficient (Wildman–Crippen LogP) is 2.64. The third-order valence-electron chi connectivity index (χ3n) is 4.00. The van der Waals surface area contributed by atoms with E-state index in [4.69, 9.17) is 4.74 Å². The highest BCUT2D eigenvalue weighted by atomic mass is 16.5. The topological polar surface area (TPSA) is 96.1 Å². The van der Waals surface area contributed by atoms with Gasteiger partial charge in [0.25, 0.3) is 11.8 Å². The number of nitrogens with one attached hydrogen (secondary N) is 3. The maximum absolute atomic E-state index is 12.4. The number of rotatable bonds is 7. The molecule has 0 aliphatic rings. The fraction of sp³-hybridized carbons (Fsp3) is 0.150. The van der Waals surface area contributed by atoms with Gasteiger partial charge < -0.3 is 15.4 Å². The van der Waals surface area contributed by atoms with Crippen LogP contribution in [0, 0.1) is 0 Å². The van der Waals surface area contributed by atoms with Crippen LogP contribution in [0.4, 0.5) is 5.69 Å². The predicted molar refractivity (Wildman–Crippen MR) is 102 cm³/mol. The highest BCUT2D eigenvalue weighted by Crippen LogP contribution is 2.15. The largest absolute Gasteiger partial charge is 0.497 e. The SMILES string of the molecule is COc1ccc(C(=O)Nc2c[nH]nc2C(=O)NCCc2ccccc2)cc1. The van der Waals surface area contributed by atoms with Gasteiger partial charge in [-0.1, -0.05) is 30.3 Å². The van der Waals surface area contributed by atoms with E-state index in [1.165, 1.54) is 6.20 Å². The van der Waals surface area contributed by atoms with Crippen LogP contribution in [-0.4, -0.2) is 35.7 Å². The zero-order valence-corrected chi connectivity index (χ0v) is 14.9. The summed E-state index contributed by atoms with van der Waals surface area (Å²) in [6.07, 6.45) is 2.19. The molecule has 0 atom stereocenters. The number of hydrogen-bond acceptors (Lipinski definition) is 4. The smallest absolute Gasteiger partial charge is 0.273 e. The average molecular weight is 364 g/mol. The first kappa shape index (κ1) is 18.2. The van der Waals surface area contributed by atoms with Crippen molar-refractivity contribution in [2.24, 2.45) is 0 Å². The van der Waals surface area contributed by atoms with E-state index in [0.717, 1.165) is 5.56 Å². The Bertz CT molecular complexity index is 904. The number of methoxy groups -OCH3 is 1. The van der Waals surface area contributed by atoms with Gasteiger partial charge in [-0.3, -0.25) is 14.7 Å². The minimum Gasteiger partial charge on any atom is -0.497 e. The summed E-state index contributed by atoms with van der Waals surface area (Å²) in [5.74, 6) is -0.0251. The molecule has 0 saturated heterocycles. The van der Waals surface area contributed by atoms with Crippen molar-refractivity contribution < 1.29 is 14.3 Å². The number of carbonyl (C=O) groups is 2. The number of carbonyl (C=O) groups excluding carboxylic acids is 2. The van der Waals surface area contributed by atoms with Crippen molar-refractivity contribution in [3.8, 4) is 5.75 Å². The quantitative estimate of drug-likeness (QED) is 0.600. The molecule has 0 saturated carbocycles. The van der Waals surface area contributed by atoms with E-state index in [9.17, 15) is 9.59 Å². The molecular weight excluding hydrogens is 344 g/mol. The molecule has 0 bridgehead atoms. The standard InChI is InChI=1S/C20H20N4O3/c1-27-16-9-7-15(8-10-16)19(25)23-17-13-22-24-18(17)20(26)21-12-11-14-5-3-2-4-6-14/h2-10,13H,11-12H2,1H3,(H,21,26)(H,22,24)(H,23,25). The number of aromatic amines is 1. The summed E-state index contributed by atoms with van der Waals surface area (Å²) >= 11 is 0. The van der Waals surface area contributed by atoms with Crippen molar-refractivity contribution in [3.63, 3.8) is 0 Å². The lowest BCUT2D eigenvalue weighted by Gasteiger charge is -2.07. The molecule has 0 radical (unpaired) electrons. The number of benzene rings is 2. The van der Waals surface area contributed by atoms with Crippen molar-refractivity contribution in [1.29, 1.82) is 0 Å². The Morgan fingerprint density at radius 1 is 1.04 bits per heavy atom. The van der Waals surface area contributed by atoms with Crippen molar-refractivity contribution in [3.05, 3.63) is 77.6 Å². The number of nitrogens with zero attached hydrogens (tertiary/aromatic N) is 1. The van der Waals surface area contributed by atoms with E-state index in [0.29, 0.717) is 30.0 Å². The fourth-order valence-electron chi connectivity index (χ4n) is 2.54. The molecule has 0 fully saturated rings. The Hall–Kier alpha value is -3.61. The molecule has 138 valence electrons. The van der Waals surface area contributed by atoms with Crippen molar-refractivity contribution in [2.45, 2.75) is 6.42 Å². The molecule has 3 aromatic rings. The molecule has 27 heavy (non-hydrogen) atoms. The number of aromatic nitrogens is 2. The summed E-state index contributed by atoms with van der Waals surface area (Å²) in [5, 5.41) is 12.1. The van der Waals surface area contributed by atoms with Crippen LogP contribution in [0.3, 0.4) is 0 Å². The van der Waals surface area contributed by atoms with Gasteiger partial charge in [0.1, 0.15) is 5.75 Å². The van der Waals surface area contributed by atoms with E-state index in [1.54, 1.807) is 31.4 Å². The van der Waals surface area contributed by atoms with Crippen LogP contribution >= 0.6 is 0 Å². The van der Waals surface area contributed by atoms with Crippen LogP contribution in [0.25, 0.3) is 0 Å². The molecule has 2 amide bonds. The molecule has 2 aromatic carbocycles. The summed E-state index contributed by atoms with van der Waals surface area (Å²) in [5.41, 5.74) is 2.05. The Morgan fingerprint density at radius 2 is 1.78 bits per heavy atom. The molecule has 0 unspecified atom stereocenters. The summed E-state index contributed by atoms with van der Waals surface area (Å²) in [6.45, 7) is 0.474. The Balaban J connectivity index is 1.59. The zero-order valence-electron chi connectivity index (χ0n) is 14.9. The number of hydrogen-bond donors (Lipinski definition) is 3. The van der Waals surface area contributed by atoms with Crippen LogP contribution in [0.2, 0.25) is 0 Å². The van der Waals surface area contributed by atoms with E-state index >= 15 is 0 Å². The van der Waals surface area contributed by atoms with Crippen LogP contribution in [0.1, 0.15) is 26.4 Å². The number of amides is 2. The lowest BCUT2D eigenvalue weighted by molar-refractivity contribution is 0.0950.